The summed E-state index contributed by atoms with van der Waals surface area (Å²) in [6.45, 7) is 0.881. The third-order valence-corrected chi connectivity index (χ3v) is 4.73. The van der Waals surface area contributed by atoms with Gasteiger partial charge < -0.3 is 9.64 Å². The monoisotopic (exact) mass is 413 g/mol. The Hall–Kier alpha value is -2.02. The van der Waals surface area contributed by atoms with Gasteiger partial charge in [0.05, 0.1) is 5.56 Å². The van der Waals surface area contributed by atoms with Gasteiger partial charge in [0.25, 0.3) is 5.91 Å². The Morgan fingerprint density at radius 3 is 2.32 bits per heavy atom. The molecule has 1 fully saturated rings. The molecule has 132 valence electrons. The minimum atomic E-state index is -0.742. The Bertz CT molecular complexity index is 792. The minimum absolute atomic E-state index is 0.00690. The Morgan fingerprint density at radius 1 is 1.04 bits per heavy atom. The summed E-state index contributed by atoms with van der Waals surface area (Å²) in [5, 5.41) is 0. The highest BCUT2D eigenvalue weighted by Crippen LogP contribution is 2.25. The number of piperidine rings is 1. The Balaban J connectivity index is 1.60. The Labute approximate surface area is 151 Å². The van der Waals surface area contributed by atoms with Crippen molar-refractivity contribution in [3.63, 3.8) is 0 Å². The lowest BCUT2D eigenvalue weighted by Crippen LogP contribution is -2.42. The molecule has 0 bridgehead atoms. The van der Waals surface area contributed by atoms with Gasteiger partial charge in [0.1, 0.15) is 17.7 Å². The van der Waals surface area contributed by atoms with Crippen LogP contribution in [0.1, 0.15) is 23.2 Å². The normalized spacial score (nSPS) is 15.3. The van der Waals surface area contributed by atoms with Crippen molar-refractivity contribution in [2.45, 2.75) is 18.9 Å². The van der Waals surface area contributed by atoms with E-state index < -0.39 is 17.5 Å². The predicted octanol–water partition coefficient (Wildman–Crippen LogP) is 4.55. The number of rotatable bonds is 3. The maximum Gasteiger partial charge on any atom is 0.255 e. The van der Waals surface area contributed by atoms with Crippen molar-refractivity contribution in [2.75, 3.05) is 13.1 Å². The number of hydrogen-bond donors (Lipinski definition) is 0. The highest BCUT2D eigenvalue weighted by atomic mass is 79.9. The molecule has 0 N–H and O–H groups in total. The topological polar surface area (TPSA) is 29.5 Å². The lowest BCUT2D eigenvalue weighted by Gasteiger charge is -2.32. The number of ether oxygens (including phenoxy) is 1. The molecule has 0 aliphatic carbocycles. The van der Waals surface area contributed by atoms with Gasteiger partial charge in [-0.3, -0.25) is 4.79 Å². The van der Waals surface area contributed by atoms with Crippen LogP contribution in [0.25, 0.3) is 0 Å². The van der Waals surface area contributed by atoms with Gasteiger partial charge in [-0.1, -0.05) is 0 Å². The van der Waals surface area contributed by atoms with Gasteiger partial charge in [-0.15, -0.1) is 0 Å². The number of halogens is 4. The average molecular weight is 414 g/mol. The fourth-order valence-electron chi connectivity index (χ4n) is 2.76. The van der Waals surface area contributed by atoms with Crippen molar-refractivity contribution in [1.29, 1.82) is 0 Å². The van der Waals surface area contributed by atoms with Crippen LogP contribution in [-0.4, -0.2) is 30.0 Å². The quantitative estimate of drug-likeness (QED) is 0.738. The molecule has 25 heavy (non-hydrogen) atoms. The van der Waals surface area contributed by atoms with Crippen LogP contribution in [0.5, 0.6) is 5.75 Å². The van der Waals surface area contributed by atoms with Gasteiger partial charge >= 0.3 is 0 Å². The first-order valence-corrected chi connectivity index (χ1v) is 8.59. The standard InChI is InChI=1S/C18H15BrF3NO2/c19-15-9-11(20)1-3-14(15)18(24)23-7-5-13(6-8-23)25-17-4-2-12(21)10-16(17)22/h1-4,9-10,13H,5-8H2. The van der Waals surface area contributed by atoms with Crippen LogP contribution in [-0.2, 0) is 0 Å². The maximum absolute atomic E-state index is 13.6. The van der Waals surface area contributed by atoms with E-state index in [4.69, 9.17) is 4.74 Å². The van der Waals surface area contributed by atoms with Crippen molar-refractivity contribution in [3.8, 4) is 5.75 Å². The first-order chi connectivity index (χ1) is 11.9. The number of carbonyl (C=O) groups excluding carboxylic acids is 1. The molecule has 0 aromatic heterocycles. The average Bonchev–Trinajstić information content (AvgIpc) is 2.57. The Kier molecular flexibility index (Phi) is 5.32. The third-order valence-electron chi connectivity index (χ3n) is 4.08. The second-order valence-electron chi connectivity index (χ2n) is 5.81. The number of likely N-dealkylation sites (tertiary alicyclic amines) is 1. The van der Waals surface area contributed by atoms with Crippen molar-refractivity contribution < 1.29 is 22.7 Å². The number of carbonyl (C=O) groups is 1. The minimum Gasteiger partial charge on any atom is -0.487 e. The second kappa shape index (κ2) is 7.47. The number of amides is 1. The molecule has 1 amide bonds. The summed E-state index contributed by atoms with van der Waals surface area (Å²) in [4.78, 5) is 14.2. The first kappa shape index (κ1) is 17.8. The summed E-state index contributed by atoms with van der Waals surface area (Å²) >= 11 is 3.20. The summed E-state index contributed by atoms with van der Waals surface area (Å²) < 4.78 is 45.7. The molecule has 1 heterocycles. The highest BCUT2D eigenvalue weighted by Gasteiger charge is 2.26. The first-order valence-electron chi connectivity index (χ1n) is 7.80. The van der Waals surface area contributed by atoms with Crippen molar-refractivity contribution >= 4 is 21.8 Å². The molecule has 3 nitrogen and oxygen atoms in total. The molecule has 2 aromatic carbocycles. The third kappa shape index (κ3) is 4.15. The van der Waals surface area contributed by atoms with Gasteiger partial charge in [0.2, 0.25) is 0 Å². The van der Waals surface area contributed by atoms with E-state index in [1.807, 2.05) is 0 Å². The van der Waals surface area contributed by atoms with E-state index in [9.17, 15) is 18.0 Å². The van der Waals surface area contributed by atoms with E-state index in [0.717, 1.165) is 12.1 Å². The summed E-state index contributed by atoms with van der Waals surface area (Å²) in [6, 6.07) is 7.12. The molecule has 0 radical (unpaired) electrons. The molecule has 0 unspecified atom stereocenters. The highest BCUT2D eigenvalue weighted by molar-refractivity contribution is 9.10. The van der Waals surface area contributed by atoms with E-state index in [1.54, 1.807) is 4.90 Å². The molecule has 1 aliphatic rings. The van der Waals surface area contributed by atoms with E-state index in [1.165, 1.54) is 24.3 Å². The van der Waals surface area contributed by atoms with E-state index in [2.05, 4.69) is 15.9 Å². The van der Waals surface area contributed by atoms with Gasteiger partial charge in [0, 0.05) is 36.5 Å². The van der Waals surface area contributed by atoms with E-state index in [-0.39, 0.29) is 17.8 Å². The molecule has 7 heteroatoms. The maximum atomic E-state index is 13.6. The van der Waals surface area contributed by atoms with Crippen molar-refractivity contribution in [3.05, 3.63) is 63.9 Å². The van der Waals surface area contributed by atoms with Gasteiger partial charge in [-0.2, -0.15) is 0 Å². The molecule has 1 aliphatic heterocycles. The smallest absolute Gasteiger partial charge is 0.255 e. The van der Waals surface area contributed by atoms with Crippen LogP contribution in [0.15, 0.2) is 40.9 Å². The second-order valence-corrected chi connectivity index (χ2v) is 6.66. The van der Waals surface area contributed by atoms with E-state index >= 15 is 0 Å². The zero-order valence-electron chi connectivity index (χ0n) is 13.1. The largest absolute Gasteiger partial charge is 0.487 e. The summed E-state index contributed by atoms with van der Waals surface area (Å²) in [7, 11) is 0. The van der Waals surface area contributed by atoms with Crippen LogP contribution in [0.4, 0.5) is 13.2 Å². The zero-order valence-corrected chi connectivity index (χ0v) is 14.7. The molecule has 3 rings (SSSR count). The van der Waals surface area contributed by atoms with Crippen LogP contribution >= 0.6 is 15.9 Å². The summed E-state index contributed by atoms with van der Waals surface area (Å²) in [6.07, 6.45) is 0.809. The van der Waals surface area contributed by atoms with Crippen LogP contribution in [0.2, 0.25) is 0 Å². The van der Waals surface area contributed by atoms with Gasteiger partial charge in [-0.25, -0.2) is 13.2 Å². The Morgan fingerprint density at radius 2 is 1.68 bits per heavy atom. The molecule has 0 saturated carbocycles. The lowest BCUT2D eigenvalue weighted by molar-refractivity contribution is 0.0587. The number of hydrogen-bond acceptors (Lipinski definition) is 2. The zero-order chi connectivity index (χ0) is 18.0. The molecule has 2 aromatic rings. The van der Waals surface area contributed by atoms with Gasteiger partial charge in [-0.05, 0) is 46.3 Å². The molecular weight excluding hydrogens is 399 g/mol. The molecular formula is C18H15BrF3NO2. The van der Waals surface area contributed by atoms with Crippen LogP contribution in [0, 0.1) is 17.5 Å². The van der Waals surface area contributed by atoms with Crippen molar-refractivity contribution in [2.24, 2.45) is 0 Å². The van der Waals surface area contributed by atoms with Crippen LogP contribution < -0.4 is 4.74 Å². The van der Waals surface area contributed by atoms with Gasteiger partial charge in [0.15, 0.2) is 11.6 Å². The number of benzene rings is 2. The fourth-order valence-corrected chi connectivity index (χ4v) is 3.28. The lowest BCUT2D eigenvalue weighted by atomic mass is 10.1. The molecule has 1 saturated heterocycles. The molecule has 0 atom stereocenters. The van der Waals surface area contributed by atoms with Crippen LogP contribution in [0.3, 0.4) is 0 Å². The summed E-state index contributed by atoms with van der Waals surface area (Å²) in [5.41, 5.74) is 0.394. The number of nitrogens with zero attached hydrogens (tertiary/aromatic N) is 1. The van der Waals surface area contributed by atoms with Crippen molar-refractivity contribution in [1.82, 2.24) is 4.90 Å². The fraction of sp³-hybridized carbons (Fsp3) is 0.278. The predicted molar refractivity (Wildman–Crippen MR) is 90.0 cm³/mol. The van der Waals surface area contributed by atoms with E-state index in [0.29, 0.717) is 36.0 Å². The SMILES string of the molecule is O=C(c1ccc(F)cc1Br)N1CCC(Oc2ccc(F)cc2F)CC1. The summed E-state index contributed by atoms with van der Waals surface area (Å²) in [5.74, 6) is -2.01. The molecule has 0 spiro atoms.